The zero-order valence-corrected chi connectivity index (χ0v) is 11.7. The van der Waals surface area contributed by atoms with Crippen LogP contribution in [0.1, 0.15) is 5.56 Å². The van der Waals surface area contributed by atoms with E-state index in [9.17, 15) is 14.0 Å². The van der Waals surface area contributed by atoms with E-state index >= 15 is 0 Å². The highest BCUT2D eigenvalue weighted by atomic mass is 32.2. The lowest BCUT2D eigenvalue weighted by molar-refractivity contribution is -0.135. The molecule has 0 aromatic heterocycles. The van der Waals surface area contributed by atoms with Crippen LogP contribution in [0.15, 0.2) is 45.4 Å². The van der Waals surface area contributed by atoms with Gasteiger partial charge in [-0.3, -0.25) is 10.1 Å². The van der Waals surface area contributed by atoms with Gasteiger partial charge < -0.3 is 4.74 Å². The van der Waals surface area contributed by atoms with Gasteiger partial charge in [0, 0.05) is 6.08 Å². The summed E-state index contributed by atoms with van der Waals surface area (Å²) in [6.07, 6.45) is 2.49. The molecule has 1 heterocycles. The van der Waals surface area contributed by atoms with Gasteiger partial charge in [0.2, 0.25) is 0 Å². The number of ether oxygens (including phenoxy) is 1. The summed E-state index contributed by atoms with van der Waals surface area (Å²) in [4.78, 5) is 22.8. The van der Waals surface area contributed by atoms with Gasteiger partial charge in [0.1, 0.15) is 5.82 Å². The first-order valence-electron chi connectivity index (χ1n) is 5.74. The second-order valence-corrected chi connectivity index (χ2v) is 4.82. The lowest BCUT2D eigenvalue weighted by Gasteiger charge is -1.91. The van der Waals surface area contributed by atoms with Crippen LogP contribution in [0.3, 0.4) is 0 Å². The second-order valence-electron chi connectivity index (χ2n) is 3.79. The third-order valence-corrected chi connectivity index (χ3v) is 3.23. The van der Waals surface area contributed by atoms with Crippen molar-refractivity contribution in [2.45, 2.75) is 0 Å². The van der Waals surface area contributed by atoms with E-state index in [0.29, 0.717) is 5.56 Å². The molecule has 1 fully saturated rings. The van der Waals surface area contributed by atoms with Crippen molar-refractivity contribution in [3.8, 4) is 0 Å². The maximum absolute atomic E-state index is 12.7. The van der Waals surface area contributed by atoms with Crippen LogP contribution < -0.4 is 5.32 Å². The van der Waals surface area contributed by atoms with E-state index in [0.717, 1.165) is 17.8 Å². The Balaban J connectivity index is 2.03. The van der Waals surface area contributed by atoms with Gasteiger partial charge in [0.25, 0.3) is 5.91 Å². The van der Waals surface area contributed by atoms with Gasteiger partial charge >= 0.3 is 5.97 Å². The van der Waals surface area contributed by atoms with E-state index in [2.05, 4.69) is 20.3 Å². The van der Waals surface area contributed by atoms with Gasteiger partial charge in [-0.25, -0.2) is 9.18 Å². The van der Waals surface area contributed by atoms with Crippen LogP contribution in [0.2, 0.25) is 0 Å². The van der Waals surface area contributed by atoms with E-state index in [1.165, 1.54) is 25.5 Å². The number of carbonyl (C=O) groups is 2. The average molecular weight is 307 g/mol. The number of methoxy groups -OCH3 is 1. The zero-order chi connectivity index (χ0) is 15.2. The molecule has 0 spiro atoms. The summed E-state index contributed by atoms with van der Waals surface area (Å²) in [5, 5.41) is 10.3. The largest absolute Gasteiger partial charge is 0.466 e. The van der Waals surface area contributed by atoms with Crippen LogP contribution in [-0.4, -0.2) is 30.4 Å². The molecule has 6 nitrogen and oxygen atoms in total. The Hall–Kier alpha value is -2.48. The number of esters is 1. The molecule has 1 aliphatic rings. The Morgan fingerprint density at radius 1 is 1.38 bits per heavy atom. The van der Waals surface area contributed by atoms with Crippen molar-refractivity contribution >= 4 is 35.0 Å². The second kappa shape index (κ2) is 6.80. The predicted molar refractivity (Wildman–Crippen MR) is 77.3 cm³/mol. The summed E-state index contributed by atoms with van der Waals surface area (Å²) >= 11 is 0.976. The molecule has 1 aromatic rings. The molecule has 1 saturated heterocycles. The smallest absolute Gasteiger partial charge is 0.331 e. The number of nitrogens with zero attached hydrogens (tertiary/aromatic N) is 2. The molecule has 0 unspecified atom stereocenters. The molecular formula is C13H10FN3O3S. The highest BCUT2D eigenvalue weighted by Crippen LogP contribution is 2.23. The summed E-state index contributed by atoms with van der Waals surface area (Å²) in [7, 11) is 1.22. The Morgan fingerprint density at radius 3 is 2.76 bits per heavy atom. The van der Waals surface area contributed by atoms with E-state index < -0.39 is 11.9 Å². The Morgan fingerprint density at radius 2 is 2.10 bits per heavy atom. The summed E-state index contributed by atoms with van der Waals surface area (Å²) in [6, 6.07) is 5.69. The summed E-state index contributed by atoms with van der Waals surface area (Å²) in [5.74, 6) is -1.40. The van der Waals surface area contributed by atoms with Crippen molar-refractivity contribution in [1.29, 1.82) is 0 Å². The molecule has 1 aliphatic heterocycles. The summed E-state index contributed by atoms with van der Waals surface area (Å²) in [5.41, 5.74) is 0.667. The minimum absolute atomic E-state index is 0.178. The molecule has 1 N–H and O–H groups in total. The normalized spacial score (nSPS) is 18.5. The third kappa shape index (κ3) is 4.25. The fourth-order valence-corrected chi connectivity index (χ4v) is 2.08. The summed E-state index contributed by atoms with van der Waals surface area (Å²) < 4.78 is 17.1. The molecule has 0 aliphatic carbocycles. The Labute approximate surface area is 123 Å². The molecule has 1 aromatic carbocycles. The number of amides is 1. The highest BCUT2D eigenvalue weighted by Gasteiger charge is 2.24. The van der Waals surface area contributed by atoms with Crippen molar-refractivity contribution in [3.05, 3.63) is 46.6 Å². The maximum atomic E-state index is 12.7. The van der Waals surface area contributed by atoms with Crippen LogP contribution in [0.4, 0.5) is 4.39 Å². The molecular weight excluding hydrogens is 297 g/mol. The first kappa shape index (κ1) is 14.9. The average Bonchev–Trinajstić information content (AvgIpc) is 2.81. The zero-order valence-electron chi connectivity index (χ0n) is 10.9. The van der Waals surface area contributed by atoms with Gasteiger partial charge in [0.15, 0.2) is 5.17 Å². The van der Waals surface area contributed by atoms with Gasteiger partial charge in [-0.05, 0) is 29.5 Å². The Kier molecular flexibility index (Phi) is 4.83. The highest BCUT2D eigenvalue weighted by molar-refractivity contribution is 8.18. The lowest BCUT2D eigenvalue weighted by Crippen LogP contribution is -2.19. The van der Waals surface area contributed by atoms with Gasteiger partial charge in [-0.2, -0.15) is 5.10 Å². The van der Waals surface area contributed by atoms with Gasteiger partial charge in [-0.1, -0.05) is 12.1 Å². The Bertz CT molecular complexity index is 653. The number of amidine groups is 1. The van der Waals surface area contributed by atoms with Gasteiger partial charge in [0.05, 0.1) is 18.2 Å². The van der Waals surface area contributed by atoms with Crippen molar-refractivity contribution in [3.63, 3.8) is 0 Å². The number of thioether (sulfide) groups is 1. The van der Waals surface area contributed by atoms with Crippen LogP contribution in [0, 0.1) is 5.82 Å². The molecule has 108 valence electrons. The minimum Gasteiger partial charge on any atom is -0.466 e. The topological polar surface area (TPSA) is 80.1 Å². The molecule has 0 atom stereocenters. The first-order valence-corrected chi connectivity index (χ1v) is 6.55. The summed E-state index contributed by atoms with van der Waals surface area (Å²) in [6.45, 7) is 0. The lowest BCUT2D eigenvalue weighted by atomic mass is 10.2. The SMILES string of the molecule is COC(=O)/C=C1/S/C(=N/N=C/c2ccc(F)cc2)NC1=O. The van der Waals surface area contributed by atoms with Crippen molar-refractivity contribution in [2.24, 2.45) is 10.2 Å². The van der Waals surface area contributed by atoms with Crippen LogP contribution in [-0.2, 0) is 14.3 Å². The van der Waals surface area contributed by atoms with Crippen molar-refractivity contribution in [2.75, 3.05) is 7.11 Å². The molecule has 2 rings (SSSR count). The maximum Gasteiger partial charge on any atom is 0.331 e. The van der Waals surface area contributed by atoms with E-state index in [1.54, 1.807) is 12.1 Å². The predicted octanol–water partition coefficient (Wildman–Crippen LogP) is 1.44. The standard InChI is InChI=1S/C13H10FN3O3S/c1-20-11(18)6-10-12(19)16-13(21-10)17-15-7-8-2-4-9(14)5-3-8/h2-7H,1H3,(H,16,17,19)/b10-6+,15-7+. The molecule has 1 amide bonds. The number of nitrogens with one attached hydrogen (secondary N) is 1. The molecule has 0 radical (unpaired) electrons. The third-order valence-electron chi connectivity index (χ3n) is 2.33. The molecule has 21 heavy (non-hydrogen) atoms. The minimum atomic E-state index is -0.622. The number of rotatable bonds is 3. The fourth-order valence-electron chi connectivity index (χ4n) is 1.34. The number of carbonyl (C=O) groups excluding carboxylic acids is 2. The van der Waals surface area contributed by atoms with E-state index in [-0.39, 0.29) is 15.9 Å². The number of hydrogen-bond acceptors (Lipinski definition) is 6. The van der Waals surface area contributed by atoms with Crippen molar-refractivity contribution < 1.29 is 18.7 Å². The van der Waals surface area contributed by atoms with Gasteiger partial charge in [-0.15, -0.1) is 5.10 Å². The first-order chi connectivity index (χ1) is 10.1. The quantitative estimate of drug-likeness (QED) is 0.396. The van der Waals surface area contributed by atoms with Crippen LogP contribution in [0.5, 0.6) is 0 Å². The monoisotopic (exact) mass is 307 g/mol. The van der Waals surface area contributed by atoms with E-state index in [1.807, 2.05) is 0 Å². The molecule has 0 bridgehead atoms. The molecule has 0 saturated carbocycles. The number of hydrogen-bond donors (Lipinski definition) is 1. The molecule has 8 heteroatoms. The van der Waals surface area contributed by atoms with Crippen LogP contribution >= 0.6 is 11.8 Å². The number of benzene rings is 1. The van der Waals surface area contributed by atoms with E-state index in [4.69, 9.17) is 0 Å². The fraction of sp³-hybridized carbons (Fsp3) is 0.0769. The van der Waals surface area contributed by atoms with Crippen LogP contribution in [0.25, 0.3) is 0 Å². The van der Waals surface area contributed by atoms with Crippen molar-refractivity contribution in [1.82, 2.24) is 5.32 Å². The number of halogens is 1.